The van der Waals surface area contributed by atoms with Gasteiger partial charge in [0, 0.05) is 21.3 Å². The molecule has 0 aliphatic rings. The van der Waals surface area contributed by atoms with Crippen LogP contribution in [0.2, 0.25) is 10.0 Å². The highest BCUT2D eigenvalue weighted by molar-refractivity contribution is 6.36. The van der Waals surface area contributed by atoms with Gasteiger partial charge < -0.3 is 10.1 Å². The minimum absolute atomic E-state index is 0.413. The monoisotopic (exact) mass is 309 g/mol. The minimum atomic E-state index is -0.761. The molecule has 0 heterocycles. The summed E-state index contributed by atoms with van der Waals surface area (Å²) in [7, 11) is 1.33. The zero-order valence-corrected chi connectivity index (χ0v) is 12.3. The molecule has 2 aromatic rings. The lowest BCUT2D eigenvalue weighted by Crippen LogP contribution is -2.23. The number of carbonyl (C=O) groups excluding carboxylic acids is 1. The van der Waals surface area contributed by atoms with Crippen molar-refractivity contribution in [2.45, 2.75) is 6.04 Å². The molecule has 3 nitrogen and oxygen atoms in total. The molecular formula is C15H13Cl2NO2. The van der Waals surface area contributed by atoms with Crippen LogP contribution in [0.15, 0.2) is 48.5 Å². The third kappa shape index (κ3) is 3.24. The van der Waals surface area contributed by atoms with Crippen LogP contribution in [-0.4, -0.2) is 13.1 Å². The van der Waals surface area contributed by atoms with Crippen molar-refractivity contribution in [2.24, 2.45) is 0 Å². The highest BCUT2D eigenvalue weighted by Crippen LogP contribution is 2.33. The van der Waals surface area contributed by atoms with Gasteiger partial charge in [0.25, 0.3) is 0 Å². The highest BCUT2D eigenvalue weighted by Gasteiger charge is 2.26. The van der Waals surface area contributed by atoms with Crippen LogP contribution in [0.5, 0.6) is 0 Å². The van der Waals surface area contributed by atoms with Gasteiger partial charge in [-0.15, -0.1) is 0 Å². The van der Waals surface area contributed by atoms with Crippen molar-refractivity contribution < 1.29 is 9.53 Å². The van der Waals surface area contributed by atoms with E-state index in [0.29, 0.717) is 15.6 Å². The molecular weight excluding hydrogens is 297 g/mol. The fraction of sp³-hybridized carbons (Fsp3) is 0.133. The number of para-hydroxylation sites is 1. The molecule has 0 aliphatic carbocycles. The number of ether oxygens (including phenoxy) is 1. The summed E-state index contributed by atoms with van der Waals surface area (Å²) in [6.07, 6.45) is 0. The number of hydrogen-bond acceptors (Lipinski definition) is 3. The molecule has 104 valence electrons. The Balaban J connectivity index is 2.41. The quantitative estimate of drug-likeness (QED) is 0.855. The lowest BCUT2D eigenvalue weighted by atomic mass is 10.1. The van der Waals surface area contributed by atoms with E-state index in [1.807, 2.05) is 30.3 Å². The summed E-state index contributed by atoms with van der Waals surface area (Å²) in [5.74, 6) is -0.455. The largest absolute Gasteiger partial charge is 0.467 e. The number of rotatable bonds is 4. The molecule has 1 atom stereocenters. The molecule has 0 fully saturated rings. The normalized spacial score (nSPS) is 11.8. The van der Waals surface area contributed by atoms with Crippen LogP contribution in [0.1, 0.15) is 11.6 Å². The van der Waals surface area contributed by atoms with Crippen molar-refractivity contribution in [1.29, 1.82) is 0 Å². The molecule has 0 saturated heterocycles. The maximum Gasteiger partial charge on any atom is 0.333 e. The second-order valence-electron chi connectivity index (χ2n) is 4.10. The molecule has 1 N–H and O–H groups in total. The van der Waals surface area contributed by atoms with Crippen molar-refractivity contribution >= 4 is 34.9 Å². The van der Waals surface area contributed by atoms with Crippen molar-refractivity contribution in [3.05, 3.63) is 64.1 Å². The number of halogens is 2. The molecule has 0 amide bonds. The smallest absolute Gasteiger partial charge is 0.333 e. The van der Waals surface area contributed by atoms with Gasteiger partial charge in [-0.3, -0.25) is 0 Å². The average molecular weight is 310 g/mol. The lowest BCUT2D eigenvalue weighted by Gasteiger charge is -2.20. The van der Waals surface area contributed by atoms with Crippen LogP contribution >= 0.6 is 23.2 Å². The summed E-state index contributed by atoms with van der Waals surface area (Å²) in [6, 6.07) is 13.7. The SMILES string of the molecule is COC(=O)C(Nc1ccccc1)c1c(Cl)cccc1Cl. The number of carbonyl (C=O) groups is 1. The standard InChI is InChI=1S/C15H13Cl2NO2/c1-20-15(19)14(18-10-6-3-2-4-7-10)13-11(16)8-5-9-12(13)17/h2-9,14,18H,1H3. The first-order valence-electron chi connectivity index (χ1n) is 5.97. The number of nitrogens with one attached hydrogen (secondary N) is 1. The van der Waals surface area contributed by atoms with Gasteiger partial charge in [0.1, 0.15) is 0 Å². The first-order valence-corrected chi connectivity index (χ1v) is 6.72. The fourth-order valence-electron chi connectivity index (χ4n) is 1.85. The molecule has 0 saturated carbocycles. The first kappa shape index (κ1) is 14.7. The van der Waals surface area contributed by atoms with Gasteiger partial charge in [0.2, 0.25) is 0 Å². The summed E-state index contributed by atoms with van der Waals surface area (Å²) in [6.45, 7) is 0. The average Bonchev–Trinajstić information content (AvgIpc) is 2.46. The predicted octanol–water partition coefficient (Wildman–Crippen LogP) is 4.32. The maximum atomic E-state index is 12.0. The molecule has 0 aliphatic heterocycles. The Bertz CT molecular complexity index is 582. The lowest BCUT2D eigenvalue weighted by molar-refractivity contribution is -0.141. The van der Waals surface area contributed by atoms with Gasteiger partial charge in [-0.25, -0.2) is 4.79 Å². The Labute approximate surface area is 127 Å². The molecule has 1 unspecified atom stereocenters. The zero-order valence-electron chi connectivity index (χ0n) is 10.8. The van der Waals surface area contributed by atoms with E-state index in [2.05, 4.69) is 5.32 Å². The van der Waals surface area contributed by atoms with Gasteiger partial charge in [-0.2, -0.15) is 0 Å². The zero-order chi connectivity index (χ0) is 14.5. The second kappa shape index (κ2) is 6.64. The van der Waals surface area contributed by atoms with Crippen LogP contribution < -0.4 is 5.32 Å². The van der Waals surface area contributed by atoms with Gasteiger partial charge in [-0.05, 0) is 24.3 Å². The third-order valence-corrected chi connectivity index (χ3v) is 3.47. The van der Waals surface area contributed by atoms with E-state index in [-0.39, 0.29) is 0 Å². The maximum absolute atomic E-state index is 12.0. The summed E-state index contributed by atoms with van der Waals surface area (Å²) < 4.78 is 4.83. The Morgan fingerprint density at radius 1 is 1.05 bits per heavy atom. The summed E-state index contributed by atoms with van der Waals surface area (Å²) >= 11 is 12.3. The van der Waals surface area contributed by atoms with Crippen molar-refractivity contribution in [1.82, 2.24) is 0 Å². The number of esters is 1. The molecule has 0 radical (unpaired) electrons. The molecule has 20 heavy (non-hydrogen) atoms. The summed E-state index contributed by atoms with van der Waals surface area (Å²) in [5, 5.41) is 3.91. The van der Waals surface area contributed by atoms with Crippen molar-refractivity contribution in [3.8, 4) is 0 Å². The van der Waals surface area contributed by atoms with E-state index in [0.717, 1.165) is 5.69 Å². The van der Waals surface area contributed by atoms with Crippen LogP contribution in [0.4, 0.5) is 5.69 Å². The Morgan fingerprint density at radius 3 is 2.20 bits per heavy atom. The summed E-state index contributed by atoms with van der Waals surface area (Å²) in [5.41, 5.74) is 1.28. The van der Waals surface area contributed by atoms with Crippen molar-refractivity contribution in [3.63, 3.8) is 0 Å². The highest BCUT2D eigenvalue weighted by atomic mass is 35.5. The van der Waals surface area contributed by atoms with E-state index in [1.165, 1.54) is 7.11 Å². The van der Waals surface area contributed by atoms with E-state index >= 15 is 0 Å². The van der Waals surface area contributed by atoms with E-state index in [9.17, 15) is 4.79 Å². The topological polar surface area (TPSA) is 38.3 Å². The minimum Gasteiger partial charge on any atom is -0.467 e. The number of anilines is 1. The molecule has 2 aromatic carbocycles. The second-order valence-corrected chi connectivity index (χ2v) is 4.92. The van der Waals surface area contributed by atoms with Crippen LogP contribution in [0.25, 0.3) is 0 Å². The Kier molecular flexibility index (Phi) is 4.88. The molecule has 2 rings (SSSR count). The van der Waals surface area contributed by atoms with Crippen molar-refractivity contribution in [2.75, 3.05) is 12.4 Å². The predicted molar refractivity (Wildman–Crippen MR) is 81.3 cm³/mol. The van der Waals surface area contributed by atoms with Gasteiger partial charge >= 0.3 is 5.97 Å². The van der Waals surface area contributed by atoms with Gasteiger partial charge in [-0.1, -0.05) is 47.5 Å². The van der Waals surface area contributed by atoms with E-state index < -0.39 is 12.0 Å². The first-order chi connectivity index (χ1) is 9.63. The van der Waals surface area contributed by atoms with Crippen LogP contribution in [-0.2, 0) is 9.53 Å². The molecule has 0 aromatic heterocycles. The summed E-state index contributed by atoms with van der Waals surface area (Å²) in [4.78, 5) is 12.0. The van der Waals surface area contributed by atoms with E-state index in [1.54, 1.807) is 18.2 Å². The fourth-order valence-corrected chi connectivity index (χ4v) is 2.47. The molecule has 5 heteroatoms. The van der Waals surface area contributed by atoms with Crippen LogP contribution in [0, 0.1) is 0 Å². The Morgan fingerprint density at radius 2 is 1.65 bits per heavy atom. The Hall–Kier alpha value is -1.71. The van der Waals surface area contributed by atoms with Crippen LogP contribution in [0.3, 0.4) is 0 Å². The van der Waals surface area contributed by atoms with Gasteiger partial charge in [0.05, 0.1) is 7.11 Å². The third-order valence-electron chi connectivity index (χ3n) is 2.81. The molecule has 0 bridgehead atoms. The molecule has 0 spiro atoms. The van der Waals surface area contributed by atoms with E-state index in [4.69, 9.17) is 27.9 Å². The number of hydrogen-bond donors (Lipinski definition) is 1. The van der Waals surface area contributed by atoms with Gasteiger partial charge in [0.15, 0.2) is 6.04 Å². The number of methoxy groups -OCH3 is 1. The number of benzene rings is 2.